The summed E-state index contributed by atoms with van der Waals surface area (Å²) in [5.41, 5.74) is 0.786. The van der Waals surface area contributed by atoms with Crippen molar-refractivity contribution in [3.05, 3.63) is 59.9 Å². The Bertz CT molecular complexity index is 581. The molecule has 21 heavy (non-hydrogen) atoms. The fourth-order valence-corrected chi connectivity index (χ4v) is 2.46. The van der Waals surface area contributed by atoms with Crippen molar-refractivity contribution in [1.29, 1.82) is 0 Å². The zero-order chi connectivity index (χ0) is 15.1. The smallest absolute Gasteiger partial charge is 0.307 e. The van der Waals surface area contributed by atoms with Crippen LogP contribution in [0.25, 0.3) is 0 Å². The predicted octanol–water partition coefficient (Wildman–Crippen LogP) is 3.62. The van der Waals surface area contributed by atoms with Crippen molar-refractivity contribution >= 4 is 17.7 Å². The first-order chi connectivity index (χ1) is 10.1. The van der Waals surface area contributed by atoms with E-state index in [2.05, 4.69) is 0 Å². The van der Waals surface area contributed by atoms with Crippen LogP contribution in [0.15, 0.2) is 53.4 Å². The van der Waals surface area contributed by atoms with Gasteiger partial charge in [0.1, 0.15) is 11.6 Å². The lowest BCUT2D eigenvalue weighted by Crippen LogP contribution is -2.00. The molecule has 1 N–H and O–H groups in total. The molecule has 2 aromatic rings. The second kappa shape index (κ2) is 7.69. The summed E-state index contributed by atoms with van der Waals surface area (Å²) in [6.07, 6.45) is 0.0403. The van der Waals surface area contributed by atoms with Crippen LogP contribution in [0.4, 0.5) is 4.39 Å². The minimum absolute atomic E-state index is 0.0403. The Morgan fingerprint density at radius 3 is 2.38 bits per heavy atom. The van der Waals surface area contributed by atoms with E-state index in [-0.39, 0.29) is 12.2 Å². The average Bonchev–Trinajstić information content (AvgIpc) is 2.46. The van der Waals surface area contributed by atoms with Crippen LogP contribution in [0.2, 0.25) is 0 Å². The maximum Gasteiger partial charge on any atom is 0.307 e. The number of aliphatic carboxylic acids is 1. The van der Waals surface area contributed by atoms with Crippen molar-refractivity contribution in [2.24, 2.45) is 0 Å². The maximum atomic E-state index is 12.7. The van der Waals surface area contributed by atoms with Crippen molar-refractivity contribution in [2.75, 3.05) is 12.4 Å². The number of ether oxygens (including phenoxy) is 1. The quantitative estimate of drug-likeness (QED) is 0.627. The van der Waals surface area contributed by atoms with E-state index in [9.17, 15) is 9.18 Å². The molecule has 0 spiro atoms. The van der Waals surface area contributed by atoms with Gasteiger partial charge in [-0.2, -0.15) is 0 Å². The van der Waals surface area contributed by atoms with Gasteiger partial charge in [-0.15, -0.1) is 11.8 Å². The molecule has 5 heteroatoms. The summed E-state index contributed by atoms with van der Waals surface area (Å²) >= 11 is 1.62. The van der Waals surface area contributed by atoms with E-state index in [4.69, 9.17) is 9.84 Å². The lowest BCUT2D eigenvalue weighted by atomic mass is 10.2. The third-order valence-electron chi connectivity index (χ3n) is 2.71. The van der Waals surface area contributed by atoms with Crippen molar-refractivity contribution in [3.63, 3.8) is 0 Å². The van der Waals surface area contributed by atoms with Crippen LogP contribution < -0.4 is 4.74 Å². The lowest BCUT2D eigenvalue weighted by Gasteiger charge is -2.06. The van der Waals surface area contributed by atoms with E-state index >= 15 is 0 Å². The Hall–Kier alpha value is -2.01. The molecule has 3 nitrogen and oxygen atoms in total. The van der Waals surface area contributed by atoms with Gasteiger partial charge in [-0.1, -0.05) is 12.1 Å². The van der Waals surface area contributed by atoms with E-state index in [0.717, 1.165) is 16.2 Å². The van der Waals surface area contributed by atoms with Crippen LogP contribution in [0.5, 0.6) is 5.75 Å². The van der Waals surface area contributed by atoms with Crippen molar-refractivity contribution in [3.8, 4) is 5.75 Å². The first kappa shape index (κ1) is 15.4. The summed E-state index contributed by atoms with van der Waals surface area (Å²) in [5.74, 6) is 0.297. The van der Waals surface area contributed by atoms with Gasteiger partial charge >= 0.3 is 5.97 Å². The molecule has 0 amide bonds. The van der Waals surface area contributed by atoms with Crippen molar-refractivity contribution in [2.45, 2.75) is 11.3 Å². The summed E-state index contributed by atoms with van der Waals surface area (Å²) in [5, 5.41) is 8.69. The standard InChI is InChI=1S/C16H15FO3S/c17-13-3-5-14(6-4-13)20-9-10-21-15-7-1-12(2-8-15)11-16(18)19/h1-8H,9-11H2,(H,18,19). The molecule has 0 fully saturated rings. The molecular formula is C16H15FO3S. The molecule has 0 aliphatic carbocycles. The number of halogens is 1. The van der Waals surface area contributed by atoms with E-state index in [0.29, 0.717) is 12.4 Å². The monoisotopic (exact) mass is 306 g/mol. The molecule has 0 bridgehead atoms. The number of carboxylic acids is 1. The summed E-state index contributed by atoms with van der Waals surface area (Å²) in [4.78, 5) is 11.6. The number of carboxylic acid groups (broad SMARTS) is 1. The van der Waals surface area contributed by atoms with Crippen LogP contribution >= 0.6 is 11.8 Å². The third-order valence-corrected chi connectivity index (χ3v) is 3.69. The molecule has 0 atom stereocenters. The number of rotatable bonds is 7. The molecular weight excluding hydrogens is 291 g/mol. The van der Waals surface area contributed by atoms with Gasteiger partial charge in [0, 0.05) is 10.6 Å². The van der Waals surface area contributed by atoms with E-state index in [1.807, 2.05) is 24.3 Å². The van der Waals surface area contributed by atoms with E-state index in [1.54, 1.807) is 23.9 Å². The fraction of sp³-hybridized carbons (Fsp3) is 0.188. The largest absolute Gasteiger partial charge is 0.493 e. The van der Waals surface area contributed by atoms with Gasteiger partial charge in [0.15, 0.2) is 0 Å². The van der Waals surface area contributed by atoms with Crippen LogP contribution in [-0.2, 0) is 11.2 Å². The number of hydrogen-bond acceptors (Lipinski definition) is 3. The van der Waals surface area contributed by atoms with E-state index < -0.39 is 5.97 Å². The zero-order valence-electron chi connectivity index (χ0n) is 11.3. The Labute approximate surface area is 126 Å². The fourth-order valence-electron chi connectivity index (χ4n) is 1.73. The van der Waals surface area contributed by atoms with Crippen LogP contribution in [0.3, 0.4) is 0 Å². The molecule has 0 saturated carbocycles. The molecule has 0 aliphatic heterocycles. The first-order valence-corrected chi connectivity index (χ1v) is 7.44. The number of hydrogen-bond donors (Lipinski definition) is 1. The topological polar surface area (TPSA) is 46.5 Å². The average molecular weight is 306 g/mol. The van der Waals surface area contributed by atoms with Crippen molar-refractivity contribution < 1.29 is 19.0 Å². The normalized spacial score (nSPS) is 10.3. The highest BCUT2D eigenvalue weighted by molar-refractivity contribution is 7.99. The van der Waals surface area contributed by atoms with Crippen molar-refractivity contribution in [1.82, 2.24) is 0 Å². The highest BCUT2D eigenvalue weighted by atomic mass is 32.2. The maximum absolute atomic E-state index is 12.7. The molecule has 2 rings (SSSR count). The molecule has 0 heterocycles. The zero-order valence-corrected chi connectivity index (χ0v) is 12.1. The molecule has 110 valence electrons. The van der Waals surface area contributed by atoms with Crippen LogP contribution in [0, 0.1) is 5.82 Å². The number of thioether (sulfide) groups is 1. The predicted molar refractivity (Wildman–Crippen MR) is 80.4 cm³/mol. The van der Waals surface area contributed by atoms with Crippen LogP contribution in [-0.4, -0.2) is 23.4 Å². The minimum atomic E-state index is -0.830. The Balaban J connectivity index is 1.73. The van der Waals surface area contributed by atoms with Gasteiger partial charge < -0.3 is 9.84 Å². The number of carbonyl (C=O) groups is 1. The SMILES string of the molecule is O=C(O)Cc1ccc(SCCOc2ccc(F)cc2)cc1. The highest BCUT2D eigenvalue weighted by Gasteiger charge is 2.01. The minimum Gasteiger partial charge on any atom is -0.493 e. The van der Waals surface area contributed by atoms with Gasteiger partial charge in [-0.05, 0) is 42.0 Å². The molecule has 0 aromatic heterocycles. The summed E-state index contributed by atoms with van der Waals surface area (Å²) in [6.45, 7) is 0.521. The Morgan fingerprint density at radius 1 is 1.10 bits per heavy atom. The summed E-state index contributed by atoms with van der Waals surface area (Å²) in [6, 6.07) is 13.4. The van der Waals surface area contributed by atoms with E-state index in [1.165, 1.54) is 12.1 Å². The van der Waals surface area contributed by atoms with Gasteiger partial charge in [-0.25, -0.2) is 4.39 Å². The van der Waals surface area contributed by atoms with Gasteiger partial charge in [0.05, 0.1) is 13.0 Å². The molecule has 0 unspecified atom stereocenters. The van der Waals surface area contributed by atoms with Gasteiger partial charge in [-0.3, -0.25) is 4.79 Å². The first-order valence-electron chi connectivity index (χ1n) is 6.45. The second-order valence-corrected chi connectivity index (χ2v) is 5.53. The second-order valence-electron chi connectivity index (χ2n) is 4.37. The molecule has 0 saturated heterocycles. The Kier molecular flexibility index (Phi) is 5.63. The number of benzene rings is 2. The lowest BCUT2D eigenvalue weighted by molar-refractivity contribution is -0.136. The highest BCUT2D eigenvalue weighted by Crippen LogP contribution is 2.19. The Morgan fingerprint density at radius 2 is 1.76 bits per heavy atom. The molecule has 2 aromatic carbocycles. The summed E-state index contributed by atoms with van der Waals surface area (Å²) < 4.78 is 18.2. The van der Waals surface area contributed by atoms with Crippen LogP contribution in [0.1, 0.15) is 5.56 Å². The van der Waals surface area contributed by atoms with Gasteiger partial charge in [0.2, 0.25) is 0 Å². The molecule has 0 radical (unpaired) electrons. The van der Waals surface area contributed by atoms with Gasteiger partial charge in [0.25, 0.3) is 0 Å². The third kappa shape index (κ3) is 5.47. The summed E-state index contributed by atoms with van der Waals surface area (Å²) in [7, 11) is 0. The molecule has 0 aliphatic rings.